The van der Waals surface area contributed by atoms with Gasteiger partial charge < -0.3 is 0 Å². The minimum atomic E-state index is -0.334. The predicted molar refractivity (Wildman–Crippen MR) is 51.4 cm³/mol. The Balaban J connectivity index is 2.60. The van der Waals surface area contributed by atoms with Crippen LogP contribution in [0.25, 0.3) is 11.4 Å². The highest BCUT2D eigenvalue weighted by Gasteiger charge is 2.11. The molecule has 0 fully saturated rings. The zero-order chi connectivity index (χ0) is 10.1. The summed E-state index contributed by atoms with van der Waals surface area (Å²) in [5.41, 5.74) is 0.398. The van der Waals surface area contributed by atoms with Gasteiger partial charge in [0, 0.05) is 7.05 Å². The fourth-order valence-electron chi connectivity index (χ4n) is 1.23. The largest absolute Gasteiger partial charge is 0.247 e. The van der Waals surface area contributed by atoms with E-state index in [1.54, 1.807) is 25.2 Å². The van der Waals surface area contributed by atoms with Crippen LogP contribution in [0.15, 0.2) is 24.3 Å². The van der Waals surface area contributed by atoms with Crippen LogP contribution in [0, 0.1) is 5.82 Å². The van der Waals surface area contributed by atoms with E-state index in [0.29, 0.717) is 11.4 Å². The molecule has 0 amide bonds. The number of benzene rings is 1. The number of nitrogens with zero attached hydrogens (tertiary/aromatic N) is 3. The average molecular weight is 212 g/mol. The van der Waals surface area contributed by atoms with Crippen LogP contribution in [0.2, 0.25) is 5.28 Å². The van der Waals surface area contributed by atoms with Gasteiger partial charge in [-0.2, -0.15) is 4.98 Å². The molecule has 0 aliphatic heterocycles. The molecule has 14 heavy (non-hydrogen) atoms. The molecule has 5 heteroatoms. The number of hydrogen-bond donors (Lipinski definition) is 0. The van der Waals surface area contributed by atoms with E-state index in [2.05, 4.69) is 10.1 Å². The molecule has 0 N–H and O–H groups in total. The Bertz CT molecular complexity index is 467. The Morgan fingerprint density at radius 2 is 2.07 bits per heavy atom. The number of aryl methyl sites for hydroxylation is 1. The molecule has 0 radical (unpaired) electrons. The summed E-state index contributed by atoms with van der Waals surface area (Å²) in [6, 6.07) is 6.37. The van der Waals surface area contributed by atoms with E-state index in [-0.39, 0.29) is 11.1 Å². The van der Waals surface area contributed by atoms with Crippen molar-refractivity contribution in [1.29, 1.82) is 0 Å². The molecule has 1 heterocycles. The fourth-order valence-corrected chi connectivity index (χ4v) is 1.42. The molecule has 1 aromatic heterocycles. The van der Waals surface area contributed by atoms with E-state index in [1.165, 1.54) is 10.7 Å². The molecular formula is C9H7ClFN3. The van der Waals surface area contributed by atoms with Gasteiger partial charge in [-0.05, 0) is 23.7 Å². The zero-order valence-electron chi connectivity index (χ0n) is 7.41. The highest BCUT2D eigenvalue weighted by atomic mass is 35.5. The standard InChI is InChI=1S/C9H7ClFN3/c1-14-8(12-9(10)13-14)6-4-2-3-5-7(6)11/h2-5H,1H3. The summed E-state index contributed by atoms with van der Waals surface area (Å²) in [5.74, 6) is 0.0905. The van der Waals surface area contributed by atoms with E-state index >= 15 is 0 Å². The molecule has 0 atom stereocenters. The van der Waals surface area contributed by atoms with Gasteiger partial charge >= 0.3 is 0 Å². The normalized spacial score (nSPS) is 10.5. The first kappa shape index (κ1) is 9.15. The van der Waals surface area contributed by atoms with Crippen LogP contribution < -0.4 is 0 Å². The predicted octanol–water partition coefficient (Wildman–Crippen LogP) is 2.27. The fraction of sp³-hybridized carbons (Fsp3) is 0.111. The number of halogens is 2. The minimum Gasteiger partial charge on any atom is -0.247 e. The van der Waals surface area contributed by atoms with Crippen molar-refractivity contribution in [3.63, 3.8) is 0 Å². The molecule has 1 aromatic carbocycles. The van der Waals surface area contributed by atoms with Crippen molar-refractivity contribution >= 4 is 11.6 Å². The van der Waals surface area contributed by atoms with Gasteiger partial charge in [-0.1, -0.05) is 12.1 Å². The van der Waals surface area contributed by atoms with Crippen LogP contribution in [0.1, 0.15) is 0 Å². The van der Waals surface area contributed by atoms with E-state index in [9.17, 15) is 4.39 Å². The van der Waals surface area contributed by atoms with Gasteiger partial charge in [0.15, 0.2) is 5.82 Å². The first-order chi connectivity index (χ1) is 6.68. The van der Waals surface area contributed by atoms with Gasteiger partial charge in [-0.3, -0.25) is 0 Å². The monoisotopic (exact) mass is 211 g/mol. The highest BCUT2D eigenvalue weighted by molar-refractivity contribution is 6.28. The molecule has 0 aliphatic carbocycles. The molecule has 0 saturated heterocycles. The summed E-state index contributed by atoms with van der Waals surface area (Å²) in [6.45, 7) is 0. The Labute approximate surface area is 85.1 Å². The van der Waals surface area contributed by atoms with Crippen molar-refractivity contribution in [1.82, 2.24) is 14.8 Å². The van der Waals surface area contributed by atoms with Crippen LogP contribution in [-0.2, 0) is 7.05 Å². The van der Waals surface area contributed by atoms with Gasteiger partial charge in [-0.15, -0.1) is 5.10 Å². The van der Waals surface area contributed by atoms with Gasteiger partial charge in [-0.25, -0.2) is 9.07 Å². The zero-order valence-corrected chi connectivity index (χ0v) is 8.16. The third-order valence-corrected chi connectivity index (χ3v) is 2.01. The summed E-state index contributed by atoms with van der Waals surface area (Å²) >= 11 is 5.60. The third-order valence-electron chi connectivity index (χ3n) is 1.85. The SMILES string of the molecule is Cn1nc(Cl)nc1-c1ccccc1F. The van der Waals surface area contributed by atoms with Gasteiger partial charge in [0.25, 0.3) is 0 Å². The van der Waals surface area contributed by atoms with Crippen molar-refractivity contribution in [2.75, 3.05) is 0 Å². The molecule has 0 unspecified atom stereocenters. The smallest absolute Gasteiger partial charge is 0.242 e. The van der Waals surface area contributed by atoms with Crippen molar-refractivity contribution in [3.8, 4) is 11.4 Å². The molecule has 0 aliphatic rings. The van der Waals surface area contributed by atoms with Gasteiger partial charge in [0.05, 0.1) is 5.56 Å². The van der Waals surface area contributed by atoms with E-state index in [0.717, 1.165) is 0 Å². The van der Waals surface area contributed by atoms with Crippen molar-refractivity contribution in [3.05, 3.63) is 35.4 Å². The minimum absolute atomic E-state index is 0.116. The van der Waals surface area contributed by atoms with Crippen molar-refractivity contribution < 1.29 is 4.39 Å². The topological polar surface area (TPSA) is 30.7 Å². The average Bonchev–Trinajstić information content (AvgIpc) is 2.46. The number of rotatable bonds is 1. The summed E-state index contributed by atoms with van der Waals surface area (Å²) in [5, 5.41) is 3.95. The first-order valence-electron chi connectivity index (χ1n) is 4.00. The van der Waals surface area contributed by atoms with E-state index < -0.39 is 0 Å². The van der Waals surface area contributed by atoms with Crippen LogP contribution in [0.3, 0.4) is 0 Å². The summed E-state index contributed by atoms with van der Waals surface area (Å²) in [6.07, 6.45) is 0. The lowest BCUT2D eigenvalue weighted by atomic mass is 10.2. The summed E-state index contributed by atoms with van der Waals surface area (Å²) < 4.78 is 14.8. The molecule has 0 bridgehead atoms. The Kier molecular flexibility index (Phi) is 2.21. The molecule has 72 valence electrons. The van der Waals surface area contributed by atoms with Crippen LogP contribution >= 0.6 is 11.6 Å². The van der Waals surface area contributed by atoms with Gasteiger partial charge in [0.1, 0.15) is 5.82 Å². The molecule has 0 spiro atoms. The van der Waals surface area contributed by atoms with E-state index in [1.807, 2.05) is 0 Å². The van der Waals surface area contributed by atoms with Gasteiger partial charge in [0.2, 0.25) is 5.28 Å². The summed E-state index contributed by atoms with van der Waals surface area (Å²) in [7, 11) is 1.67. The van der Waals surface area contributed by atoms with Crippen LogP contribution in [-0.4, -0.2) is 14.8 Å². The quantitative estimate of drug-likeness (QED) is 0.725. The maximum absolute atomic E-state index is 13.3. The highest BCUT2D eigenvalue weighted by Crippen LogP contribution is 2.20. The van der Waals surface area contributed by atoms with Crippen LogP contribution in [0.4, 0.5) is 4.39 Å². The second-order valence-electron chi connectivity index (χ2n) is 2.81. The first-order valence-corrected chi connectivity index (χ1v) is 4.37. The Morgan fingerprint density at radius 3 is 2.64 bits per heavy atom. The second-order valence-corrected chi connectivity index (χ2v) is 3.15. The molecule has 0 saturated carbocycles. The maximum atomic E-state index is 13.3. The van der Waals surface area contributed by atoms with Crippen molar-refractivity contribution in [2.45, 2.75) is 0 Å². The summed E-state index contributed by atoms with van der Waals surface area (Å²) in [4.78, 5) is 3.92. The lowest BCUT2D eigenvalue weighted by molar-refractivity contribution is 0.627. The lowest BCUT2D eigenvalue weighted by Crippen LogP contribution is -1.96. The van der Waals surface area contributed by atoms with E-state index in [4.69, 9.17) is 11.6 Å². The van der Waals surface area contributed by atoms with Crippen LogP contribution in [0.5, 0.6) is 0 Å². The molecule has 3 nitrogen and oxygen atoms in total. The van der Waals surface area contributed by atoms with Crippen molar-refractivity contribution in [2.24, 2.45) is 7.05 Å². The number of hydrogen-bond acceptors (Lipinski definition) is 2. The maximum Gasteiger partial charge on any atom is 0.242 e. The Hall–Kier alpha value is -1.42. The molecule has 2 aromatic rings. The Morgan fingerprint density at radius 1 is 1.36 bits per heavy atom. The second kappa shape index (κ2) is 3.38. The lowest BCUT2D eigenvalue weighted by Gasteiger charge is -2.00. The molecular weight excluding hydrogens is 205 g/mol. The molecule has 2 rings (SSSR count). The number of aromatic nitrogens is 3. The third kappa shape index (κ3) is 1.48.